The lowest BCUT2D eigenvalue weighted by Gasteiger charge is -2.29. The first kappa shape index (κ1) is 16.6. The molecule has 0 aromatic carbocycles. The van der Waals surface area contributed by atoms with Gasteiger partial charge in [-0.15, -0.1) is 0 Å². The van der Waals surface area contributed by atoms with Crippen molar-refractivity contribution in [3.8, 4) is 0 Å². The van der Waals surface area contributed by atoms with Gasteiger partial charge in [-0.2, -0.15) is 0 Å². The molecule has 23 heavy (non-hydrogen) atoms. The van der Waals surface area contributed by atoms with Crippen molar-refractivity contribution in [2.24, 2.45) is 0 Å². The Balaban J connectivity index is 1.75. The molecule has 122 valence electrons. The van der Waals surface area contributed by atoms with Crippen LogP contribution in [0.5, 0.6) is 0 Å². The number of nitrogens with zero attached hydrogens (tertiary/aromatic N) is 4. The number of hydrogen-bond donors (Lipinski definition) is 0. The molecule has 2 aromatic heterocycles. The van der Waals surface area contributed by atoms with Crippen molar-refractivity contribution in [2.45, 2.75) is 45.7 Å². The first-order valence-corrected chi connectivity index (χ1v) is 8.47. The zero-order valence-corrected chi connectivity index (χ0v) is 15.1. The highest BCUT2D eigenvalue weighted by molar-refractivity contribution is 6.32. The Morgan fingerprint density at radius 3 is 2.65 bits per heavy atom. The van der Waals surface area contributed by atoms with Gasteiger partial charge in [0, 0.05) is 54.5 Å². The summed E-state index contributed by atoms with van der Waals surface area (Å²) in [6, 6.07) is 3.71. The second-order valence-corrected chi connectivity index (χ2v) is 7.71. The highest BCUT2D eigenvalue weighted by atomic mass is 35.5. The van der Waals surface area contributed by atoms with Crippen molar-refractivity contribution in [1.82, 2.24) is 19.9 Å². The summed E-state index contributed by atoms with van der Waals surface area (Å²) in [5.41, 5.74) is 3.34. The van der Waals surface area contributed by atoms with Crippen LogP contribution in [0, 0.1) is 0 Å². The minimum Gasteiger partial charge on any atom is -0.294 e. The fourth-order valence-electron chi connectivity index (χ4n) is 2.67. The lowest BCUT2D eigenvalue weighted by atomic mass is 9.95. The quantitative estimate of drug-likeness (QED) is 0.766. The second kappa shape index (κ2) is 6.34. The van der Waals surface area contributed by atoms with Gasteiger partial charge in [0.15, 0.2) is 0 Å². The highest BCUT2D eigenvalue weighted by Gasteiger charge is 2.23. The Kier molecular flexibility index (Phi) is 4.59. The van der Waals surface area contributed by atoms with Crippen LogP contribution in [0.1, 0.15) is 43.4 Å². The molecular formula is C17H20Cl2N4. The molecule has 1 aliphatic heterocycles. The Hall–Kier alpha value is -1.23. The van der Waals surface area contributed by atoms with E-state index in [-0.39, 0.29) is 5.41 Å². The van der Waals surface area contributed by atoms with Gasteiger partial charge in [0.2, 0.25) is 0 Å². The van der Waals surface area contributed by atoms with Gasteiger partial charge in [0.25, 0.3) is 0 Å². The van der Waals surface area contributed by atoms with E-state index in [1.807, 2.05) is 12.3 Å². The van der Waals surface area contributed by atoms with Crippen molar-refractivity contribution < 1.29 is 0 Å². The SMILES string of the molecule is CC(C)(C)c1ncc2c(n1)CCN(Cc1ccc(Cl)nc1Cl)C2. The Labute approximate surface area is 146 Å². The molecule has 3 rings (SSSR count). The summed E-state index contributed by atoms with van der Waals surface area (Å²) in [6.45, 7) is 8.95. The number of halogens is 2. The van der Waals surface area contributed by atoms with Gasteiger partial charge in [-0.1, -0.05) is 50.0 Å². The summed E-state index contributed by atoms with van der Waals surface area (Å²) in [5, 5.41) is 0.897. The Morgan fingerprint density at radius 1 is 1.17 bits per heavy atom. The first-order valence-electron chi connectivity index (χ1n) is 7.71. The summed E-state index contributed by atoms with van der Waals surface area (Å²) in [6.07, 6.45) is 2.90. The molecule has 0 amide bonds. The first-order chi connectivity index (χ1) is 10.8. The fourth-order valence-corrected chi connectivity index (χ4v) is 3.08. The van der Waals surface area contributed by atoms with Crippen LogP contribution in [0.4, 0.5) is 0 Å². The van der Waals surface area contributed by atoms with Crippen LogP contribution in [0.25, 0.3) is 0 Å². The van der Waals surface area contributed by atoms with Gasteiger partial charge < -0.3 is 0 Å². The topological polar surface area (TPSA) is 41.9 Å². The zero-order chi connectivity index (χ0) is 16.6. The fraction of sp³-hybridized carbons (Fsp3) is 0.471. The molecule has 0 saturated heterocycles. The average Bonchev–Trinajstić information content (AvgIpc) is 2.48. The summed E-state index contributed by atoms with van der Waals surface area (Å²) in [4.78, 5) is 15.7. The molecule has 0 saturated carbocycles. The summed E-state index contributed by atoms with van der Waals surface area (Å²) in [7, 11) is 0. The highest BCUT2D eigenvalue weighted by Crippen LogP contribution is 2.25. The molecule has 1 aliphatic rings. The van der Waals surface area contributed by atoms with E-state index in [0.717, 1.165) is 37.4 Å². The molecule has 0 fully saturated rings. The molecule has 0 N–H and O–H groups in total. The van der Waals surface area contributed by atoms with Crippen molar-refractivity contribution in [1.29, 1.82) is 0 Å². The molecule has 4 nitrogen and oxygen atoms in total. The number of fused-ring (bicyclic) bond motifs is 1. The van der Waals surface area contributed by atoms with Crippen molar-refractivity contribution in [3.63, 3.8) is 0 Å². The number of aromatic nitrogens is 3. The lowest BCUT2D eigenvalue weighted by molar-refractivity contribution is 0.242. The molecule has 0 aliphatic carbocycles. The Bertz CT molecular complexity index is 725. The van der Waals surface area contributed by atoms with Crippen molar-refractivity contribution >= 4 is 23.2 Å². The van der Waals surface area contributed by atoms with E-state index >= 15 is 0 Å². The molecular weight excluding hydrogens is 331 g/mol. The van der Waals surface area contributed by atoms with Gasteiger partial charge in [0.05, 0.1) is 0 Å². The number of rotatable bonds is 2. The third-order valence-corrected chi connectivity index (χ3v) is 4.51. The van der Waals surface area contributed by atoms with Gasteiger partial charge in [-0.05, 0) is 6.07 Å². The number of hydrogen-bond acceptors (Lipinski definition) is 4. The zero-order valence-electron chi connectivity index (χ0n) is 13.6. The molecule has 0 spiro atoms. The average molecular weight is 351 g/mol. The van der Waals surface area contributed by atoms with E-state index in [4.69, 9.17) is 28.2 Å². The van der Waals surface area contributed by atoms with Crippen molar-refractivity contribution in [2.75, 3.05) is 6.54 Å². The van der Waals surface area contributed by atoms with Crippen LogP contribution in [0.2, 0.25) is 10.3 Å². The van der Waals surface area contributed by atoms with Crippen LogP contribution < -0.4 is 0 Å². The van der Waals surface area contributed by atoms with Gasteiger partial charge in [0.1, 0.15) is 16.1 Å². The largest absolute Gasteiger partial charge is 0.294 e. The van der Waals surface area contributed by atoms with E-state index in [1.54, 1.807) is 6.07 Å². The monoisotopic (exact) mass is 350 g/mol. The third-order valence-electron chi connectivity index (χ3n) is 3.97. The van der Waals surface area contributed by atoms with Gasteiger partial charge in [-0.3, -0.25) is 4.90 Å². The summed E-state index contributed by atoms with van der Waals surface area (Å²) in [5.74, 6) is 0.912. The van der Waals surface area contributed by atoms with Crippen LogP contribution in [0.15, 0.2) is 18.3 Å². The number of pyridine rings is 1. The van der Waals surface area contributed by atoms with Crippen molar-refractivity contribution in [3.05, 3.63) is 51.3 Å². The summed E-state index contributed by atoms with van der Waals surface area (Å²) < 4.78 is 0. The maximum absolute atomic E-state index is 6.17. The van der Waals surface area contributed by atoms with E-state index in [1.165, 1.54) is 11.3 Å². The van der Waals surface area contributed by atoms with E-state index < -0.39 is 0 Å². The normalized spacial score (nSPS) is 15.5. The van der Waals surface area contributed by atoms with E-state index in [2.05, 4.69) is 35.6 Å². The van der Waals surface area contributed by atoms with Crippen LogP contribution >= 0.6 is 23.2 Å². The van der Waals surface area contributed by atoms with Gasteiger partial charge in [-0.25, -0.2) is 15.0 Å². The van der Waals surface area contributed by atoms with E-state index in [0.29, 0.717) is 10.3 Å². The van der Waals surface area contributed by atoms with Gasteiger partial charge >= 0.3 is 0 Å². The predicted octanol–water partition coefficient (Wildman–Crippen LogP) is 4.03. The molecule has 0 bridgehead atoms. The van der Waals surface area contributed by atoms with E-state index in [9.17, 15) is 0 Å². The predicted molar refractivity (Wildman–Crippen MR) is 92.8 cm³/mol. The maximum atomic E-state index is 6.17. The van der Waals surface area contributed by atoms with Crippen LogP contribution in [0.3, 0.4) is 0 Å². The lowest BCUT2D eigenvalue weighted by Crippen LogP contribution is -2.32. The molecule has 0 unspecified atom stereocenters. The summed E-state index contributed by atoms with van der Waals surface area (Å²) >= 11 is 12.0. The molecule has 6 heteroatoms. The third kappa shape index (κ3) is 3.82. The smallest absolute Gasteiger partial charge is 0.135 e. The molecule has 3 heterocycles. The minimum absolute atomic E-state index is 0.0192. The van der Waals surface area contributed by atoms with Crippen LogP contribution in [-0.4, -0.2) is 26.4 Å². The minimum atomic E-state index is -0.0192. The molecule has 2 aromatic rings. The molecule has 0 radical (unpaired) electrons. The van der Waals surface area contributed by atoms with Crippen LogP contribution in [-0.2, 0) is 24.9 Å². The standard InChI is InChI=1S/C17H20Cl2N4/c1-17(2,3)16-20-8-12-10-23(7-6-13(12)21-16)9-11-4-5-14(18)22-15(11)19/h4-5,8H,6-7,9-10H2,1-3H3. The second-order valence-electron chi connectivity index (χ2n) is 6.96. The Morgan fingerprint density at radius 2 is 1.96 bits per heavy atom. The maximum Gasteiger partial charge on any atom is 0.135 e. The molecule has 0 atom stereocenters.